The quantitative estimate of drug-likeness (QED) is 0.340. The summed E-state index contributed by atoms with van der Waals surface area (Å²) in [5, 5.41) is 23.7. The number of carbonyl (C=O) groups is 4. The third-order valence-electron chi connectivity index (χ3n) is 4.36. The second-order valence-corrected chi connectivity index (χ2v) is 8.12. The molecule has 0 heterocycles. The van der Waals surface area contributed by atoms with Crippen molar-refractivity contribution in [1.82, 2.24) is 0 Å². The van der Waals surface area contributed by atoms with Gasteiger partial charge in [0.25, 0.3) is 5.91 Å². The smallest absolute Gasteiger partial charge is 0.337 e. The lowest BCUT2D eigenvalue weighted by Gasteiger charge is -2.09. The Morgan fingerprint density at radius 3 is 2.00 bits per heavy atom. The number of carbonyl (C=O) groups excluding carboxylic acids is 2. The summed E-state index contributed by atoms with van der Waals surface area (Å²) in [6.45, 7) is 0. The Kier molecular flexibility index (Phi) is 7.70. The first-order valence-corrected chi connectivity index (χ1v) is 10.8. The summed E-state index contributed by atoms with van der Waals surface area (Å²) in [5.74, 6) is -3.19. The number of anilines is 2. The van der Waals surface area contributed by atoms with Crippen LogP contribution in [0.1, 0.15) is 31.1 Å². The van der Waals surface area contributed by atoms with Crippen LogP contribution in [0, 0.1) is 0 Å². The Hall–Kier alpha value is -3.82. The molecule has 3 aromatic carbocycles. The van der Waals surface area contributed by atoms with Crippen LogP contribution in [-0.4, -0.2) is 39.7 Å². The SMILES string of the molecule is O=C(CSc1ccc(NC(=O)c2ccccc2C(=O)O)cc1)Nc1ccc(Cl)c(C(=O)O)c1. The summed E-state index contributed by atoms with van der Waals surface area (Å²) < 4.78 is 0. The Balaban J connectivity index is 1.56. The summed E-state index contributed by atoms with van der Waals surface area (Å²) in [7, 11) is 0. The lowest BCUT2D eigenvalue weighted by atomic mass is 10.1. The van der Waals surface area contributed by atoms with Gasteiger partial charge in [-0.05, 0) is 54.6 Å². The van der Waals surface area contributed by atoms with Gasteiger partial charge in [-0.1, -0.05) is 23.7 Å². The molecular formula is C23H17ClN2O6S. The lowest BCUT2D eigenvalue weighted by molar-refractivity contribution is -0.113. The number of hydrogen-bond acceptors (Lipinski definition) is 5. The van der Waals surface area contributed by atoms with Crippen molar-refractivity contribution in [3.05, 3.63) is 88.4 Å². The van der Waals surface area contributed by atoms with Gasteiger partial charge in [0.1, 0.15) is 0 Å². The van der Waals surface area contributed by atoms with Gasteiger partial charge in [-0.3, -0.25) is 9.59 Å². The van der Waals surface area contributed by atoms with Crippen LogP contribution in [0.25, 0.3) is 0 Å². The number of amides is 2. The largest absolute Gasteiger partial charge is 0.478 e. The maximum Gasteiger partial charge on any atom is 0.337 e. The van der Waals surface area contributed by atoms with Crippen LogP contribution in [-0.2, 0) is 4.79 Å². The Morgan fingerprint density at radius 1 is 0.758 bits per heavy atom. The number of carboxylic acid groups (broad SMARTS) is 2. The highest BCUT2D eigenvalue weighted by atomic mass is 35.5. The van der Waals surface area contributed by atoms with E-state index in [-0.39, 0.29) is 33.4 Å². The van der Waals surface area contributed by atoms with Crippen LogP contribution in [0.3, 0.4) is 0 Å². The van der Waals surface area contributed by atoms with E-state index in [9.17, 15) is 24.3 Å². The summed E-state index contributed by atoms with van der Waals surface area (Å²) in [6.07, 6.45) is 0. The van der Waals surface area contributed by atoms with E-state index in [4.69, 9.17) is 16.7 Å². The molecule has 0 unspecified atom stereocenters. The molecule has 3 aromatic rings. The van der Waals surface area contributed by atoms with Crippen molar-refractivity contribution >= 4 is 58.5 Å². The fraction of sp³-hybridized carbons (Fsp3) is 0.0435. The third-order valence-corrected chi connectivity index (χ3v) is 5.71. The molecule has 0 aromatic heterocycles. The zero-order valence-corrected chi connectivity index (χ0v) is 18.4. The summed E-state index contributed by atoms with van der Waals surface area (Å²) in [4.78, 5) is 47.8. The Bertz CT molecular complexity index is 1230. The number of halogens is 1. The number of carboxylic acids is 2. The monoisotopic (exact) mass is 484 g/mol. The molecular weight excluding hydrogens is 468 g/mol. The standard InChI is InChI=1S/C23H17ClN2O6S/c24-19-10-7-14(11-18(19)23(31)32)25-20(27)12-33-15-8-5-13(6-9-15)26-21(28)16-3-1-2-4-17(16)22(29)30/h1-11H,12H2,(H,25,27)(H,26,28)(H,29,30)(H,31,32). The zero-order valence-electron chi connectivity index (χ0n) is 16.9. The van der Waals surface area contributed by atoms with Gasteiger partial charge in [-0.2, -0.15) is 0 Å². The Morgan fingerprint density at radius 2 is 1.36 bits per heavy atom. The highest BCUT2D eigenvalue weighted by Crippen LogP contribution is 2.23. The first kappa shape index (κ1) is 23.8. The molecule has 0 radical (unpaired) electrons. The Labute approximate surface area is 197 Å². The molecule has 10 heteroatoms. The van der Waals surface area contributed by atoms with Crippen molar-refractivity contribution in [2.45, 2.75) is 4.90 Å². The predicted octanol–water partition coefficient (Wildman–Crippen LogP) is 4.72. The second kappa shape index (κ2) is 10.7. The molecule has 0 saturated carbocycles. The molecule has 0 saturated heterocycles. The summed E-state index contributed by atoms with van der Waals surface area (Å²) in [6, 6.07) is 16.8. The number of aromatic carboxylic acids is 2. The minimum absolute atomic E-state index is 0.0494. The van der Waals surface area contributed by atoms with E-state index >= 15 is 0 Å². The van der Waals surface area contributed by atoms with Crippen LogP contribution in [0.5, 0.6) is 0 Å². The molecule has 3 rings (SSSR count). The predicted molar refractivity (Wildman–Crippen MR) is 126 cm³/mol. The van der Waals surface area contributed by atoms with Crippen molar-refractivity contribution in [2.75, 3.05) is 16.4 Å². The van der Waals surface area contributed by atoms with Crippen LogP contribution in [0.15, 0.2) is 71.6 Å². The fourth-order valence-corrected chi connectivity index (χ4v) is 3.71. The van der Waals surface area contributed by atoms with Crippen molar-refractivity contribution in [1.29, 1.82) is 0 Å². The van der Waals surface area contributed by atoms with Gasteiger partial charge in [0.2, 0.25) is 5.91 Å². The van der Waals surface area contributed by atoms with Gasteiger partial charge in [0.15, 0.2) is 0 Å². The molecule has 0 aliphatic heterocycles. The number of nitrogens with one attached hydrogen (secondary N) is 2. The second-order valence-electron chi connectivity index (χ2n) is 6.67. The van der Waals surface area contributed by atoms with Gasteiger partial charge >= 0.3 is 11.9 Å². The van der Waals surface area contributed by atoms with Gasteiger partial charge in [0.05, 0.1) is 27.5 Å². The molecule has 0 aliphatic rings. The van der Waals surface area contributed by atoms with E-state index in [1.54, 1.807) is 36.4 Å². The number of thioether (sulfide) groups is 1. The normalized spacial score (nSPS) is 10.3. The van der Waals surface area contributed by atoms with E-state index in [1.807, 2.05) is 0 Å². The third kappa shape index (κ3) is 6.34. The van der Waals surface area contributed by atoms with Gasteiger partial charge < -0.3 is 20.8 Å². The molecule has 33 heavy (non-hydrogen) atoms. The van der Waals surface area contributed by atoms with Crippen LogP contribution in [0.2, 0.25) is 5.02 Å². The highest BCUT2D eigenvalue weighted by molar-refractivity contribution is 8.00. The molecule has 168 valence electrons. The minimum atomic E-state index is -1.19. The highest BCUT2D eigenvalue weighted by Gasteiger charge is 2.16. The average molecular weight is 485 g/mol. The molecule has 0 spiro atoms. The first-order chi connectivity index (χ1) is 15.7. The number of benzene rings is 3. The van der Waals surface area contributed by atoms with E-state index in [1.165, 1.54) is 42.1 Å². The average Bonchev–Trinajstić information content (AvgIpc) is 2.79. The first-order valence-electron chi connectivity index (χ1n) is 9.44. The molecule has 8 nitrogen and oxygen atoms in total. The number of rotatable bonds is 8. The number of hydrogen-bond donors (Lipinski definition) is 4. The van der Waals surface area contributed by atoms with E-state index in [0.29, 0.717) is 11.4 Å². The van der Waals surface area contributed by atoms with E-state index in [0.717, 1.165) is 4.90 Å². The van der Waals surface area contributed by atoms with Gasteiger partial charge in [0, 0.05) is 16.3 Å². The summed E-state index contributed by atoms with van der Waals surface area (Å²) >= 11 is 7.07. The molecule has 0 aliphatic carbocycles. The van der Waals surface area contributed by atoms with Crippen molar-refractivity contribution in [2.24, 2.45) is 0 Å². The molecule has 0 atom stereocenters. The van der Waals surface area contributed by atoms with Crippen molar-refractivity contribution in [3.8, 4) is 0 Å². The van der Waals surface area contributed by atoms with Crippen molar-refractivity contribution < 1.29 is 29.4 Å². The van der Waals surface area contributed by atoms with Crippen molar-refractivity contribution in [3.63, 3.8) is 0 Å². The molecule has 4 N–H and O–H groups in total. The topological polar surface area (TPSA) is 133 Å². The maximum atomic E-state index is 12.4. The van der Waals surface area contributed by atoms with Crippen LogP contribution in [0.4, 0.5) is 11.4 Å². The maximum absolute atomic E-state index is 12.4. The van der Waals surface area contributed by atoms with E-state index in [2.05, 4.69) is 10.6 Å². The molecule has 0 bridgehead atoms. The zero-order chi connectivity index (χ0) is 24.0. The fourth-order valence-electron chi connectivity index (χ4n) is 2.81. The van der Waals surface area contributed by atoms with E-state index < -0.39 is 17.8 Å². The summed E-state index contributed by atoms with van der Waals surface area (Å²) in [5.41, 5.74) is 0.641. The van der Waals surface area contributed by atoms with Crippen LogP contribution >= 0.6 is 23.4 Å². The molecule has 2 amide bonds. The lowest BCUT2D eigenvalue weighted by Crippen LogP contribution is -2.16. The van der Waals surface area contributed by atoms with Gasteiger partial charge in [-0.25, -0.2) is 9.59 Å². The molecule has 0 fully saturated rings. The van der Waals surface area contributed by atoms with Crippen LogP contribution < -0.4 is 10.6 Å². The van der Waals surface area contributed by atoms with Gasteiger partial charge in [-0.15, -0.1) is 11.8 Å². The minimum Gasteiger partial charge on any atom is -0.478 e.